The number of esters is 1. The number of rotatable bonds is 5. The van der Waals surface area contributed by atoms with Gasteiger partial charge in [0, 0.05) is 25.1 Å². The van der Waals surface area contributed by atoms with Crippen LogP contribution in [0.25, 0.3) is 0 Å². The summed E-state index contributed by atoms with van der Waals surface area (Å²) in [6.07, 6.45) is 1.86. The molecular weight excluding hydrogens is 366 g/mol. The summed E-state index contributed by atoms with van der Waals surface area (Å²) < 4.78 is 6.42. The summed E-state index contributed by atoms with van der Waals surface area (Å²) in [4.78, 5) is 40.8. The number of amides is 1. The van der Waals surface area contributed by atoms with Gasteiger partial charge in [0.2, 0.25) is 5.91 Å². The molecule has 0 fully saturated rings. The van der Waals surface area contributed by atoms with Crippen LogP contribution >= 0.6 is 11.8 Å². The number of methoxy groups -OCH3 is 1. The predicted molar refractivity (Wildman–Crippen MR) is 103 cm³/mol. The van der Waals surface area contributed by atoms with Crippen LogP contribution < -0.4 is 10.9 Å². The Hall–Kier alpha value is -2.87. The normalized spacial score (nSPS) is 15.6. The van der Waals surface area contributed by atoms with E-state index in [0.29, 0.717) is 27.9 Å². The highest BCUT2D eigenvalue weighted by Crippen LogP contribution is 2.35. The third-order valence-corrected chi connectivity index (χ3v) is 5.39. The Balaban J connectivity index is 2.07. The van der Waals surface area contributed by atoms with E-state index >= 15 is 0 Å². The summed E-state index contributed by atoms with van der Waals surface area (Å²) in [5.41, 5.74) is 1.26. The van der Waals surface area contributed by atoms with E-state index in [9.17, 15) is 14.4 Å². The van der Waals surface area contributed by atoms with Crippen LogP contribution in [-0.2, 0) is 16.6 Å². The van der Waals surface area contributed by atoms with Crippen molar-refractivity contribution in [1.29, 1.82) is 0 Å². The molecule has 7 nitrogen and oxygen atoms in total. The fourth-order valence-electron chi connectivity index (χ4n) is 3.05. The zero-order valence-corrected chi connectivity index (χ0v) is 15.8. The van der Waals surface area contributed by atoms with E-state index in [0.717, 1.165) is 5.56 Å². The molecule has 0 unspecified atom stereocenters. The lowest BCUT2D eigenvalue weighted by molar-refractivity contribution is -0.116. The molecule has 1 aromatic carbocycles. The van der Waals surface area contributed by atoms with Gasteiger partial charge in [-0.1, -0.05) is 30.0 Å². The highest BCUT2D eigenvalue weighted by Gasteiger charge is 2.32. The minimum absolute atomic E-state index is 0.140. The van der Waals surface area contributed by atoms with E-state index in [4.69, 9.17) is 4.74 Å². The van der Waals surface area contributed by atoms with Crippen molar-refractivity contribution in [3.8, 4) is 0 Å². The third-order valence-electron chi connectivity index (χ3n) is 4.37. The number of fused-ring (bicyclic) bond motifs is 1. The Kier molecular flexibility index (Phi) is 5.46. The van der Waals surface area contributed by atoms with E-state index < -0.39 is 11.9 Å². The second kappa shape index (κ2) is 7.79. The number of nitrogens with zero attached hydrogens (tertiary/aromatic N) is 2. The first-order chi connectivity index (χ1) is 13.0. The minimum atomic E-state index is -0.440. The highest BCUT2D eigenvalue weighted by molar-refractivity contribution is 7.99. The molecule has 1 aliphatic rings. The Morgan fingerprint density at radius 3 is 2.74 bits per heavy atom. The Morgan fingerprint density at radius 1 is 1.41 bits per heavy atom. The zero-order chi connectivity index (χ0) is 19.6. The van der Waals surface area contributed by atoms with Crippen molar-refractivity contribution >= 4 is 29.5 Å². The minimum Gasteiger partial charge on any atom is -0.465 e. The van der Waals surface area contributed by atoms with Gasteiger partial charge in [0.1, 0.15) is 5.82 Å². The molecular formula is C19H19N3O4S. The van der Waals surface area contributed by atoms with E-state index in [1.165, 1.54) is 18.9 Å². The fourth-order valence-corrected chi connectivity index (χ4v) is 3.75. The van der Waals surface area contributed by atoms with E-state index in [1.54, 1.807) is 42.0 Å². The maximum atomic E-state index is 12.7. The number of hydrogen-bond donors (Lipinski definition) is 1. The van der Waals surface area contributed by atoms with Crippen LogP contribution in [0.1, 0.15) is 33.8 Å². The fraction of sp³-hybridized carbons (Fsp3) is 0.263. The van der Waals surface area contributed by atoms with Crippen LogP contribution in [0.5, 0.6) is 0 Å². The van der Waals surface area contributed by atoms with Crippen LogP contribution in [-0.4, -0.2) is 34.3 Å². The predicted octanol–water partition coefficient (Wildman–Crippen LogP) is 2.32. The maximum Gasteiger partial charge on any atom is 0.337 e. The summed E-state index contributed by atoms with van der Waals surface area (Å²) >= 11 is 1.37. The smallest absolute Gasteiger partial charge is 0.337 e. The summed E-state index contributed by atoms with van der Waals surface area (Å²) in [7, 11) is 3.08. The number of thioether (sulfide) groups is 1. The van der Waals surface area contributed by atoms with Crippen molar-refractivity contribution in [1.82, 2.24) is 9.55 Å². The number of ether oxygens (including phenoxy) is 1. The number of nitrogens with one attached hydrogen (secondary N) is 1. The molecule has 1 amide bonds. The van der Waals surface area contributed by atoms with Crippen LogP contribution in [0.2, 0.25) is 0 Å². The Morgan fingerprint density at radius 2 is 2.11 bits per heavy atom. The number of anilines is 1. The van der Waals surface area contributed by atoms with Crippen molar-refractivity contribution in [3.63, 3.8) is 0 Å². The zero-order valence-electron chi connectivity index (χ0n) is 15.0. The molecule has 2 heterocycles. The van der Waals surface area contributed by atoms with Gasteiger partial charge >= 0.3 is 5.97 Å². The molecule has 2 aromatic rings. The molecule has 140 valence electrons. The Bertz CT molecular complexity index is 966. The van der Waals surface area contributed by atoms with Gasteiger partial charge in [-0.3, -0.25) is 9.59 Å². The number of carbonyl (C=O) groups excluding carboxylic acids is 2. The van der Waals surface area contributed by atoms with E-state index in [-0.39, 0.29) is 17.9 Å². The van der Waals surface area contributed by atoms with Crippen LogP contribution in [0.3, 0.4) is 0 Å². The largest absolute Gasteiger partial charge is 0.465 e. The number of hydrogen-bond acceptors (Lipinski definition) is 6. The van der Waals surface area contributed by atoms with Crippen LogP contribution in [0.15, 0.2) is 46.9 Å². The molecule has 0 spiro atoms. The van der Waals surface area contributed by atoms with E-state index in [2.05, 4.69) is 16.9 Å². The van der Waals surface area contributed by atoms with E-state index in [1.807, 2.05) is 0 Å². The molecule has 27 heavy (non-hydrogen) atoms. The Labute approximate surface area is 160 Å². The van der Waals surface area contributed by atoms with Gasteiger partial charge in [0.05, 0.1) is 18.2 Å². The molecule has 3 rings (SSSR count). The van der Waals surface area contributed by atoms with Gasteiger partial charge in [0.25, 0.3) is 5.56 Å². The maximum absolute atomic E-state index is 12.7. The first kappa shape index (κ1) is 18.9. The van der Waals surface area contributed by atoms with Gasteiger partial charge in [0.15, 0.2) is 5.16 Å². The van der Waals surface area contributed by atoms with Crippen molar-refractivity contribution in [3.05, 3.63) is 64.0 Å². The molecule has 1 aromatic heterocycles. The number of aromatic nitrogens is 2. The first-order valence-corrected chi connectivity index (χ1v) is 9.27. The summed E-state index contributed by atoms with van der Waals surface area (Å²) in [5.74, 6) is 0.0194. The summed E-state index contributed by atoms with van der Waals surface area (Å²) in [5, 5.41) is 3.31. The monoisotopic (exact) mass is 385 g/mol. The van der Waals surface area contributed by atoms with Gasteiger partial charge < -0.3 is 14.6 Å². The molecule has 1 atom stereocenters. The number of benzene rings is 1. The van der Waals surface area contributed by atoms with Crippen molar-refractivity contribution in [2.24, 2.45) is 7.05 Å². The number of carbonyl (C=O) groups is 2. The SMILES string of the molecule is C=CCSc1nc(=O)c2c(n1C)NC(=O)C[C@H]2c1ccc(C(=O)OC)cc1. The van der Waals surface area contributed by atoms with Gasteiger partial charge in [-0.15, -0.1) is 6.58 Å². The lowest BCUT2D eigenvalue weighted by Gasteiger charge is -2.27. The second-order valence-electron chi connectivity index (χ2n) is 6.04. The first-order valence-electron chi connectivity index (χ1n) is 8.29. The highest BCUT2D eigenvalue weighted by atomic mass is 32.2. The molecule has 0 saturated heterocycles. The second-order valence-corrected chi connectivity index (χ2v) is 7.03. The van der Waals surface area contributed by atoms with Crippen molar-refractivity contribution < 1.29 is 14.3 Å². The summed E-state index contributed by atoms with van der Waals surface area (Å²) in [6, 6.07) is 6.72. The third kappa shape index (κ3) is 3.66. The lowest BCUT2D eigenvalue weighted by Crippen LogP contribution is -2.33. The standard InChI is InChI=1S/C19H19N3O4S/c1-4-9-27-19-21-17(24)15-13(10-14(23)20-16(15)22(19)2)11-5-7-12(8-6-11)18(25)26-3/h4-8,13H,1,9-10H2,2-3H3,(H,20,23)/t13-/m0/s1. The van der Waals surface area contributed by atoms with Crippen molar-refractivity contribution in [2.75, 3.05) is 18.2 Å². The van der Waals surface area contributed by atoms with Gasteiger partial charge in [-0.05, 0) is 17.7 Å². The van der Waals surface area contributed by atoms with Crippen LogP contribution in [0, 0.1) is 0 Å². The summed E-state index contributed by atoms with van der Waals surface area (Å²) in [6.45, 7) is 3.67. The van der Waals surface area contributed by atoms with Gasteiger partial charge in [-0.2, -0.15) is 4.98 Å². The molecule has 0 saturated carbocycles. The molecule has 1 aliphatic heterocycles. The molecule has 8 heteroatoms. The van der Waals surface area contributed by atoms with Crippen LogP contribution in [0.4, 0.5) is 5.82 Å². The molecule has 0 bridgehead atoms. The molecule has 0 aliphatic carbocycles. The quantitative estimate of drug-likeness (QED) is 0.368. The van der Waals surface area contributed by atoms with Gasteiger partial charge in [-0.25, -0.2) is 4.79 Å². The average Bonchev–Trinajstić information content (AvgIpc) is 2.68. The molecule has 1 N–H and O–H groups in total. The average molecular weight is 385 g/mol. The molecule has 0 radical (unpaired) electrons. The lowest BCUT2D eigenvalue weighted by atomic mass is 9.86. The van der Waals surface area contributed by atoms with Crippen molar-refractivity contribution in [2.45, 2.75) is 17.5 Å². The topological polar surface area (TPSA) is 90.3 Å².